The third-order valence-electron chi connectivity index (χ3n) is 2.09. The third kappa shape index (κ3) is 2.08. The van der Waals surface area contributed by atoms with Gasteiger partial charge in [-0.15, -0.1) is 0 Å². The van der Waals surface area contributed by atoms with E-state index >= 15 is 0 Å². The lowest BCUT2D eigenvalue weighted by molar-refractivity contribution is 0.148. The predicted molar refractivity (Wildman–Crippen MR) is 49.7 cm³/mol. The number of aliphatic hydroxyl groups is 1. The highest BCUT2D eigenvalue weighted by molar-refractivity contribution is 5.27. The topological polar surface area (TPSA) is 46.2 Å². The lowest BCUT2D eigenvalue weighted by Crippen LogP contribution is -2.25. The number of benzene rings is 1. The summed E-state index contributed by atoms with van der Waals surface area (Å²) in [5, 5.41) is 9.46. The molecule has 0 aromatic heterocycles. The summed E-state index contributed by atoms with van der Waals surface area (Å²) >= 11 is 0. The molecule has 0 aliphatic heterocycles. The third-order valence-corrected chi connectivity index (χ3v) is 2.09. The van der Waals surface area contributed by atoms with Crippen molar-refractivity contribution in [2.24, 2.45) is 5.73 Å². The van der Waals surface area contributed by atoms with Crippen LogP contribution in [-0.4, -0.2) is 11.1 Å². The molecule has 4 heteroatoms. The van der Waals surface area contributed by atoms with Crippen molar-refractivity contribution in [1.82, 2.24) is 0 Å². The maximum absolute atomic E-state index is 13.3. The molecule has 3 N–H and O–H groups in total. The summed E-state index contributed by atoms with van der Waals surface area (Å²) in [7, 11) is 0. The first-order valence-corrected chi connectivity index (χ1v) is 4.32. The Morgan fingerprint density at radius 2 is 1.86 bits per heavy atom. The van der Waals surface area contributed by atoms with Crippen LogP contribution in [0.4, 0.5) is 8.78 Å². The van der Waals surface area contributed by atoms with Gasteiger partial charge in [-0.25, -0.2) is 8.78 Å². The van der Waals surface area contributed by atoms with Gasteiger partial charge in [0.2, 0.25) is 0 Å². The lowest BCUT2D eigenvalue weighted by Gasteiger charge is -2.16. The normalized spacial score (nSPS) is 15.3. The van der Waals surface area contributed by atoms with E-state index in [1.807, 2.05) is 0 Å². The minimum atomic E-state index is -1.18. The molecule has 0 radical (unpaired) electrons. The molecule has 0 aliphatic carbocycles. The average Bonchev–Trinajstić information content (AvgIpc) is 2.10. The van der Waals surface area contributed by atoms with E-state index < -0.39 is 23.8 Å². The van der Waals surface area contributed by atoms with E-state index in [9.17, 15) is 13.9 Å². The van der Waals surface area contributed by atoms with Gasteiger partial charge >= 0.3 is 0 Å². The Bertz CT molecular complexity index is 339. The van der Waals surface area contributed by atoms with Crippen LogP contribution >= 0.6 is 0 Å². The quantitative estimate of drug-likeness (QED) is 0.764. The van der Waals surface area contributed by atoms with Crippen LogP contribution < -0.4 is 5.73 Å². The van der Waals surface area contributed by atoms with Gasteiger partial charge in [-0.2, -0.15) is 0 Å². The van der Waals surface area contributed by atoms with Gasteiger partial charge in [0.1, 0.15) is 11.6 Å². The van der Waals surface area contributed by atoms with E-state index in [0.717, 1.165) is 12.1 Å². The minimum absolute atomic E-state index is 0.0944. The van der Waals surface area contributed by atoms with Crippen LogP contribution in [0.2, 0.25) is 0 Å². The van der Waals surface area contributed by atoms with Gasteiger partial charge in [-0.05, 0) is 31.5 Å². The van der Waals surface area contributed by atoms with E-state index in [0.29, 0.717) is 0 Å². The summed E-state index contributed by atoms with van der Waals surface area (Å²) in [5.74, 6) is -1.17. The number of rotatable bonds is 2. The van der Waals surface area contributed by atoms with Crippen LogP contribution in [0, 0.1) is 18.6 Å². The number of hydrogen-bond acceptors (Lipinski definition) is 2. The number of nitrogens with two attached hydrogens (primary N) is 1. The van der Waals surface area contributed by atoms with E-state index in [1.54, 1.807) is 0 Å². The summed E-state index contributed by atoms with van der Waals surface area (Å²) in [4.78, 5) is 0. The summed E-state index contributed by atoms with van der Waals surface area (Å²) in [5.41, 5.74) is 5.50. The zero-order valence-electron chi connectivity index (χ0n) is 8.09. The molecule has 1 aromatic rings. The number of aliphatic hydroxyl groups excluding tert-OH is 1. The Morgan fingerprint density at radius 1 is 1.29 bits per heavy atom. The predicted octanol–water partition coefficient (Wildman–Crippen LogP) is 1.65. The highest BCUT2D eigenvalue weighted by Gasteiger charge is 2.18. The summed E-state index contributed by atoms with van der Waals surface area (Å²) in [6.45, 7) is 2.99. The van der Waals surface area contributed by atoms with Crippen LogP contribution in [0.1, 0.15) is 24.2 Å². The molecule has 14 heavy (non-hydrogen) atoms. The number of halogens is 2. The molecule has 78 valence electrons. The van der Waals surface area contributed by atoms with Crippen LogP contribution in [0.5, 0.6) is 0 Å². The van der Waals surface area contributed by atoms with Gasteiger partial charge in [0, 0.05) is 11.6 Å². The molecule has 0 saturated carbocycles. The Morgan fingerprint density at radius 3 is 2.36 bits per heavy atom. The zero-order chi connectivity index (χ0) is 10.9. The van der Waals surface area contributed by atoms with Crippen LogP contribution in [0.25, 0.3) is 0 Å². The smallest absolute Gasteiger partial charge is 0.129 e. The lowest BCUT2D eigenvalue weighted by atomic mass is 10.0. The molecule has 0 saturated heterocycles. The van der Waals surface area contributed by atoms with Crippen molar-refractivity contribution in [3.8, 4) is 0 Å². The maximum Gasteiger partial charge on any atom is 0.129 e. The second-order valence-corrected chi connectivity index (χ2v) is 3.43. The first kappa shape index (κ1) is 11.1. The molecule has 2 unspecified atom stereocenters. The monoisotopic (exact) mass is 201 g/mol. The number of hydrogen-bond donors (Lipinski definition) is 2. The fourth-order valence-corrected chi connectivity index (χ4v) is 1.17. The summed E-state index contributed by atoms with van der Waals surface area (Å²) in [6, 6.07) is 1.40. The van der Waals surface area contributed by atoms with Gasteiger partial charge in [0.05, 0.1) is 6.10 Å². The zero-order valence-corrected chi connectivity index (χ0v) is 8.09. The fourth-order valence-electron chi connectivity index (χ4n) is 1.17. The van der Waals surface area contributed by atoms with Crippen molar-refractivity contribution in [2.45, 2.75) is 26.0 Å². The molecule has 0 heterocycles. The molecular formula is C10H13F2NO. The van der Waals surface area contributed by atoms with Crippen molar-refractivity contribution in [3.63, 3.8) is 0 Å². The van der Waals surface area contributed by atoms with E-state index in [-0.39, 0.29) is 11.1 Å². The molecular weight excluding hydrogens is 188 g/mol. The summed E-state index contributed by atoms with van der Waals surface area (Å²) in [6.07, 6.45) is -1.18. The first-order valence-electron chi connectivity index (χ1n) is 4.32. The minimum Gasteiger partial charge on any atom is -0.387 e. The Balaban J connectivity index is 3.15. The van der Waals surface area contributed by atoms with Gasteiger partial charge in [0.25, 0.3) is 0 Å². The second-order valence-electron chi connectivity index (χ2n) is 3.43. The Kier molecular flexibility index (Phi) is 3.18. The van der Waals surface area contributed by atoms with Crippen molar-refractivity contribution in [2.75, 3.05) is 0 Å². The molecule has 1 aromatic carbocycles. The molecule has 0 spiro atoms. The van der Waals surface area contributed by atoms with E-state index in [4.69, 9.17) is 5.73 Å². The van der Waals surface area contributed by atoms with Gasteiger partial charge in [0.15, 0.2) is 0 Å². The SMILES string of the molecule is Cc1cc(F)c(C(O)C(C)N)cc1F. The number of aryl methyl sites for hydroxylation is 1. The van der Waals surface area contributed by atoms with E-state index in [2.05, 4.69) is 0 Å². The van der Waals surface area contributed by atoms with Crippen LogP contribution in [-0.2, 0) is 0 Å². The standard InChI is InChI=1S/C10H13F2NO/c1-5-3-9(12)7(4-8(5)11)10(14)6(2)13/h3-4,6,10,14H,13H2,1-2H3. The first-order chi connectivity index (χ1) is 6.43. The molecule has 2 nitrogen and oxygen atoms in total. The summed E-state index contributed by atoms with van der Waals surface area (Å²) < 4.78 is 26.3. The van der Waals surface area contributed by atoms with Gasteiger partial charge < -0.3 is 10.8 Å². The van der Waals surface area contributed by atoms with Crippen molar-refractivity contribution >= 4 is 0 Å². The molecule has 0 bridgehead atoms. The van der Waals surface area contributed by atoms with Crippen molar-refractivity contribution in [3.05, 3.63) is 34.9 Å². The van der Waals surface area contributed by atoms with E-state index in [1.165, 1.54) is 13.8 Å². The molecule has 0 fully saturated rings. The van der Waals surface area contributed by atoms with Gasteiger partial charge in [-0.1, -0.05) is 0 Å². The second kappa shape index (κ2) is 4.02. The van der Waals surface area contributed by atoms with Crippen LogP contribution in [0.15, 0.2) is 12.1 Å². The Hall–Kier alpha value is -1.00. The fraction of sp³-hybridized carbons (Fsp3) is 0.400. The van der Waals surface area contributed by atoms with Crippen molar-refractivity contribution in [1.29, 1.82) is 0 Å². The molecule has 2 atom stereocenters. The highest BCUT2D eigenvalue weighted by Crippen LogP contribution is 2.22. The largest absolute Gasteiger partial charge is 0.387 e. The molecule has 0 amide bonds. The van der Waals surface area contributed by atoms with Gasteiger partial charge in [-0.3, -0.25) is 0 Å². The van der Waals surface area contributed by atoms with Crippen molar-refractivity contribution < 1.29 is 13.9 Å². The van der Waals surface area contributed by atoms with Crippen LogP contribution in [0.3, 0.4) is 0 Å². The maximum atomic E-state index is 13.3. The average molecular weight is 201 g/mol. The molecule has 1 rings (SSSR count). The Labute approximate surface area is 81.4 Å². The highest BCUT2D eigenvalue weighted by atomic mass is 19.1. The molecule has 0 aliphatic rings.